The summed E-state index contributed by atoms with van der Waals surface area (Å²) in [5.74, 6) is -0.898. The van der Waals surface area contributed by atoms with Gasteiger partial charge in [-0.05, 0) is 12.1 Å². The predicted molar refractivity (Wildman–Crippen MR) is 108 cm³/mol. The molecule has 0 unspecified atom stereocenters. The summed E-state index contributed by atoms with van der Waals surface area (Å²) in [5.41, 5.74) is -1.83. The number of hydrazone groups is 1. The number of aromatic nitrogens is 3. The molecular weight excluding hydrogens is 431 g/mol. The first-order valence-electron chi connectivity index (χ1n) is 9.15. The van der Waals surface area contributed by atoms with Crippen molar-refractivity contribution in [2.45, 2.75) is 23.5 Å². The van der Waals surface area contributed by atoms with Gasteiger partial charge < -0.3 is 5.11 Å². The first kappa shape index (κ1) is 21.1. The highest BCUT2D eigenvalue weighted by Crippen LogP contribution is 2.39. The van der Waals surface area contributed by atoms with Crippen molar-refractivity contribution >= 4 is 23.9 Å². The Morgan fingerprint density at radius 3 is 2.35 bits per heavy atom. The van der Waals surface area contributed by atoms with Crippen LogP contribution < -0.4 is 0 Å². The maximum atomic E-state index is 13.2. The number of para-hydroxylation sites is 1. The average Bonchev–Trinajstić information content (AvgIpc) is 3.37. The minimum Gasteiger partial charge on any atom is -0.362 e. The molecule has 0 saturated carbocycles. The van der Waals surface area contributed by atoms with Crippen LogP contribution >= 0.6 is 11.8 Å². The van der Waals surface area contributed by atoms with Crippen molar-refractivity contribution in [3.8, 4) is 17.1 Å². The van der Waals surface area contributed by atoms with E-state index in [1.807, 2.05) is 60.7 Å². The molecule has 1 aromatic heterocycles. The Hall–Kier alpha value is -3.18. The van der Waals surface area contributed by atoms with Gasteiger partial charge >= 0.3 is 6.18 Å². The zero-order chi connectivity index (χ0) is 22.1. The fourth-order valence-corrected chi connectivity index (χ4v) is 3.87. The number of carbonyl (C=O) groups is 1. The number of benzene rings is 2. The van der Waals surface area contributed by atoms with E-state index >= 15 is 0 Å². The van der Waals surface area contributed by atoms with Crippen LogP contribution in [-0.4, -0.2) is 54.7 Å². The molecular formula is C20H16F3N5O2S. The number of rotatable bonds is 5. The molecule has 11 heteroatoms. The highest BCUT2D eigenvalue weighted by molar-refractivity contribution is 7.99. The molecule has 4 rings (SSSR count). The molecule has 1 aliphatic heterocycles. The Bertz CT molecular complexity index is 1110. The van der Waals surface area contributed by atoms with Gasteiger partial charge in [0.2, 0.25) is 0 Å². The second-order valence-electron chi connectivity index (χ2n) is 6.65. The molecule has 2 aromatic carbocycles. The number of hydrogen-bond donors (Lipinski definition) is 1. The largest absolute Gasteiger partial charge is 0.438 e. The lowest BCUT2D eigenvalue weighted by atomic mass is 10.1. The summed E-state index contributed by atoms with van der Waals surface area (Å²) in [7, 11) is 0. The van der Waals surface area contributed by atoms with Crippen LogP contribution in [0.1, 0.15) is 6.42 Å². The van der Waals surface area contributed by atoms with Crippen LogP contribution in [0.3, 0.4) is 0 Å². The molecule has 0 bridgehead atoms. The van der Waals surface area contributed by atoms with Crippen molar-refractivity contribution in [3.63, 3.8) is 0 Å². The van der Waals surface area contributed by atoms with E-state index in [4.69, 9.17) is 0 Å². The van der Waals surface area contributed by atoms with E-state index in [1.54, 1.807) is 4.57 Å². The third kappa shape index (κ3) is 3.93. The van der Waals surface area contributed by atoms with E-state index in [-0.39, 0.29) is 5.01 Å². The van der Waals surface area contributed by atoms with Crippen LogP contribution in [-0.2, 0) is 4.79 Å². The first-order chi connectivity index (χ1) is 14.8. The Labute approximate surface area is 179 Å². The monoisotopic (exact) mass is 447 g/mol. The van der Waals surface area contributed by atoms with Crippen molar-refractivity contribution in [2.24, 2.45) is 5.10 Å². The fourth-order valence-electron chi connectivity index (χ4n) is 3.07. The number of aliphatic hydroxyl groups is 1. The third-order valence-electron chi connectivity index (χ3n) is 4.62. The number of amides is 1. The minimum absolute atomic E-state index is 0.0847. The van der Waals surface area contributed by atoms with Gasteiger partial charge in [0.05, 0.1) is 5.75 Å². The molecule has 0 aliphatic carbocycles. The van der Waals surface area contributed by atoms with Crippen LogP contribution in [0.5, 0.6) is 0 Å². The third-order valence-corrected chi connectivity index (χ3v) is 5.53. The molecule has 1 amide bonds. The fraction of sp³-hybridized carbons (Fsp3) is 0.200. The van der Waals surface area contributed by atoms with Crippen LogP contribution in [0.4, 0.5) is 13.2 Å². The molecule has 0 radical (unpaired) electrons. The summed E-state index contributed by atoms with van der Waals surface area (Å²) in [6, 6.07) is 18.4. The van der Waals surface area contributed by atoms with Gasteiger partial charge in [0.25, 0.3) is 11.6 Å². The van der Waals surface area contributed by atoms with E-state index < -0.39 is 30.0 Å². The van der Waals surface area contributed by atoms with Crippen LogP contribution in [0.25, 0.3) is 17.1 Å². The van der Waals surface area contributed by atoms with Crippen molar-refractivity contribution in [1.29, 1.82) is 0 Å². The zero-order valence-corrected chi connectivity index (χ0v) is 16.7. The quantitative estimate of drug-likeness (QED) is 0.606. The highest BCUT2D eigenvalue weighted by atomic mass is 32.2. The Balaban J connectivity index is 1.62. The summed E-state index contributed by atoms with van der Waals surface area (Å²) in [6.07, 6.45) is -4.98. The average molecular weight is 447 g/mol. The molecule has 31 heavy (non-hydrogen) atoms. The minimum atomic E-state index is -5.03. The predicted octanol–water partition coefficient (Wildman–Crippen LogP) is 3.50. The van der Waals surface area contributed by atoms with Gasteiger partial charge in [-0.3, -0.25) is 9.36 Å². The molecule has 0 saturated heterocycles. The summed E-state index contributed by atoms with van der Waals surface area (Å²) < 4.78 is 41.4. The molecule has 2 heterocycles. The molecule has 1 aliphatic rings. The Kier molecular flexibility index (Phi) is 5.54. The Morgan fingerprint density at radius 2 is 1.71 bits per heavy atom. The van der Waals surface area contributed by atoms with E-state index in [1.165, 1.54) is 0 Å². The standard InChI is InChI=1S/C20H16F3N5O2S/c21-20(22,23)19(30)11-12-24-28(19)16(29)13-31-18-26-25-17(14-7-3-1-4-8-14)27(18)15-9-5-2-6-10-15/h1-10,12,30H,11,13H2/t19-/m1/s1. The molecule has 1 atom stereocenters. The highest BCUT2D eigenvalue weighted by Gasteiger charge is 2.61. The maximum Gasteiger partial charge on any atom is 0.438 e. The van der Waals surface area contributed by atoms with Gasteiger partial charge in [-0.2, -0.15) is 23.3 Å². The van der Waals surface area contributed by atoms with Crippen molar-refractivity contribution in [2.75, 3.05) is 5.75 Å². The van der Waals surface area contributed by atoms with Crippen molar-refractivity contribution < 1.29 is 23.1 Å². The Morgan fingerprint density at radius 1 is 1.06 bits per heavy atom. The van der Waals surface area contributed by atoms with E-state index in [2.05, 4.69) is 15.3 Å². The van der Waals surface area contributed by atoms with Crippen LogP contribution in [0.2, 0.25) is 0 Å². The summed E-state index contributed by atoms with van der Waals surface area (Å²) >= 11 is 0.910. The number of hydrogen-bond acceptors (Lipinski definition) is 6. The van der Waals surface area contributed by atoms with E-state index in [0.29, 0.717) is 11.0 Å². The number of carbonyl (C=O) groups excluding carboxylic acids is 1. The first-order valence-corrected chi connectivity index (χ1v) is 10.1. The van der Waals surface area contributed by atoms with Crippen molar-refractivity contribution in [1.82, 2.24) is 19.8 Å². The van der Waals surface area contributed by atoms with Crippen LogP contribution in [0, 0.1) is 0 Å². The van der Waals surface area contributed by atoms with Gasteiger partial charge in [-0.15, -0.1) is 10.2 Å². The molecule has 7 nitrogen and oxygen atoms in total. The summed E-state index contributed by atoms with van der Waals surface area (Å²) in [6.45, 7) is 0. The normalized spacial score (nSPS) is 18.5. The van der Waals surface area contributed by atoms with Crippen molar-refractivity contribution in [3.05, 3.63) is 60.7 Å². The summed E-state index contributed by atoms with van der Waals surface area (Å²) in [5, 5.41) is 22.1. The smallest absolute Gasteiger partial charge is 0.362 e. The SMILES string of the molecule is O=C(CSc1nnc(-c2ccccc2)n1-c1ccccc1)N1N=CC[C@@]1(O)C(F)(F)F. The molecule has 3 aromatic rings. The number of halogens is 3. The second kappa shape index (κ2) is 8.16. The topological polar surface area (TPSA) is 83.6 Å². The zero-order valence-electron chi connectivity index (χ0n) is 15.9. The van der Waals surface area contributed by atoms with Gasteiger partial charge in [0.1, 0.15) is 0 Å². The molecule has 160 valence electrons. The number of alkyl halides is 3. The summed E-state index contributed by atoms with van der Waals surface area (Å²) in [4.78, 5) is 12.5. The lowest BCUT2D eigenvalue weighted by molar-refractivity contribution is -0.301. The van der Waals surface area contributed by atoms with Gasteiger partial charge in [-0.25, -0.2) is 0 Å². The van der Waals surface area contributed by atoms with Gasteiger partial charge in [0.15, 0.2) is 11.0 Å². The molecule has 0 fully saturated rings. The lowest BCUT2D eigenvalue weighted by Crippen LogP contribution is -2.56. The van der Waals surface area contributed by atoms with E-state index in [9.17, 15) is 23.1 Å². The molecule has 0 spiro atoms. The maximum absolute atomic E-state index is 13.2. The molecule has 1 N–H and O–H groups in total. The van der Waals surface area contributed by atoms with E-state index in [0.717, 1.165) is 29.2 Å². The van der Waals surface area contributed by atoms with Gasteiger partial charge in [0, 0.05) is 23.9 Å². The lowest BCUT2D eigenvalue weighted by Gasteiger charge is -2.32. The number of thioether (sulfide) groups is 1. The second-order valence-corrected chi connectivity index (χ2v) is 7.60. The van der Waals surface area contributed by atoms with Crippen LogP contribution in [0.15, 0.2) is 70.9 Å². The van der Waals surface area contributed by atoms with Gasteiger partial charge in [-0.1, -0.05) is 60.3 Å². The number of nitrogens with zero attached hydrogens (tertiary/aromatic N) is 5.